The fourth-order valence-corrected chi connectivity index (χ4v) is 3.78. The third-order valence-electron chi connectivity index (χ3n) is 3.76. The van der Waals surface area contributed by atoms with Crippen LogP contribution in [0.25, 0.3) is 0 Å². The van der Waals surface area contributed by atoms with Gasteiger partial charge in [-0.2, -0.15) is 5.10 Å². The van der Waals surface area contributed by atoms with Gasteiger partial charge in [0.05, 0.1) is 6.20 Å². The lowest BCUT2D eigenvalue weighted by atomic mass is 9.99. The van der Waals surface area contributed by atoms with Gasteiger partial charge in [0.15, 0.2) is 0 Å². The second kappa shape index (κ2) is 5.46. The van der Waals surface area contributed by atoms with Gasteiger partial charge in [0, 0.05) is 37.9 Å². The van der Waals surface area contributed by atoms with E-state index in [1.807, 2.05) is 0 Å². The Morgan fingerprint density at radius 1 is 1.30 bits per heavy atom. The number of nitrogens with one attached hydrogen (secondary N) is 1. The molecule has 1 N–H and O–H groups in total. The molecule has 0 spiro atoms. The van der Waals surface area contributed by atoms with E-state index in [0.29, 0.717) is 0 Å². The van der Waals surface area contributed by atoms with Gasteiger partial charge in [0.25, 0.3) is 0 Å². The first-order valence-corrected chi connectivity index (χ1v) is 8.43. The van der Waals surface area contributed by atoms with Crippen LogP contribution in [0.5, 0.6) is 0 Å². The SMILES string of the molecule is Cn1cc(S(=O)(=O)NC2CCN(C(C)(C)C)CC2)cn1. The third kappa shape index (κ3) is 3.59. The van der Waals surface area contributed by atoms with Gasteiger partial charge in [-0.15, -0.1) is 0 Å². The lowest BCUT2D eigenvalue weighted by Crippen LogP contribution is -2.50. The fraction of sp³-hybridized carbons (Fsp3) is 0.769. The van der Waals surface area contributed by atoms with Crippen LogP contribution in [0, 0.1) is 0 Å². The molecule has 2 rings (SSSR count). The summed E-state index contributed by atoms with van der Waals surface area (Å²) in [4.78, 5) is 2.63. The Hall–Kier alpha value is -0.920. The lowest BCUT2D eigenvalue weighted by Gasteiger charge is -2.40. The molecular formula is C13H24N4O2S. The van der Waals surface area contributed by atoms with Crippen LogP contribution in [0.3, 0.4) is 0 Å². The number of aryl methyl sites for hydroxylation is 1. The first kappa shape index (κ1) is 15.5. The minimum atomic E-state index is -3.44. The molecule has 0 radical (unpaired) electrons. The Bertz CT molecular complexity index is 551. The molecule has 0 aromatic carbocycles. The minimum Gasteiger partial charge on any atom is -0.298 e. The Labute approximate surface area is 121 Å². The van der Waals surface area contributed by atoms with Gasteiger partial charge >= 0.3 is 0 Å². The maximum Gasteiger partial charge on any atom is 0.243 e. The molecular weight excluding hydrogens is 276 g/mol. The lowest BCUT2D eigenvalue weighted by molar-refractivity contribution is 0.100. The molecule has 0 amide bonds. The highest BCUT2D eigenvalue weighted by atomic mass is 32.2. The maximum atomic E-state index is 12.2. The number of sulfonamides is 1. The summed E-state index contributed by atoms with van der Waals surface area (Å²) in [6.07, 6.45) is 4.59. The molecule has 0 aliphatic carbocycles. The fourth-order valence-electron chi connectivity index (χ4n) is 2.49. The van der Waals surface area contributed by atoms with Crippen molar-refractivity contribution in [1.29, 1.82) is 0 Å². The molecule has 1 aromatic heterocycles. The molecule has 20 heavy (non-hydrogen) atoms. The van der Waals surface area contributed by atoms with Crippen molar-refractivity contribution in [2.45, 2.75) is 50.1 Å². The van der Waals surface area contributed by atoms with Crippen molar-refractivity contribution in [1.82, 2.24) is 19.4 Å². The summed E-state index contributed by atoms with van der Waals surface area (Å²) in [5.74, 6) is 0. The van der Waals surface area contributed by atoms with Crippen LogP contribution in [-0.4, -0.2) is 47.8 Å². The summed E-state index contributed by atoms with van der Waals surface area (Å²) < 4.78 is 28.7. The number of likely N-dealkylation sites (tertiary alicyclic amines) is 1. The summed E-state index contributed by atoms with van der Waals surface area (Å²) in [7, 11) is -1.73. The average Bonchev–Trinajstić information content (AvgIpc) is 2.76. The quantitative estimate of drug-likeness (QED) is 0.903. The monoisotopic (exact) mass is 300 g/mol. The molecule has 6 nitrogen and oxygen atoms in total. The van der Waals surface area contributed by atoms with Crippen LogP contribution in [-0.2, 0) is 17.1 Å². The second-order valence-corrected chi connectivity index (χ2v) is 8.12. The molecule has 2 heterocycles. The Morgan fingerprint density at radius 3 is 2.35 bits per heavy atom. The van der Waals surface area contributed by atoms with Crippen LogP contribution in [0.15, 0.2) is 17.3 Å². The standard InChI is InChI=1S/C13H24N4O2S/c1-13(2,3)17-7-5-11(6-8-17)15-20(18,19)12-9-14-16(4)10-12/h9-11,15H,5-8H2,1-4H3. The van der Waals surface area contributed by atoms with Gasteiger partial charge in [-0.25, -0.2) is 13.1 Å². The topological polar surface area (TPSA) is 67.2 Å². The predicted molar refractivity (Wildman–Crippen MR) is 77.9 cm³/mol. The molecule has 0 saturated carbocycles. The Morgan fingerprint density at radius 2 is 1.90 bits per heavy atom. The highest BCUT2D eigenvalue weighted by Crippen LogP contribution is 2.21. The smallest absolute Gasteiger partial charge is 0.243 e. The van der Waals surface area contributed by atoms with E-state index in [1.165, 1.54) is 17.1 Å². The van der Waals surface area contributed by atoms with Crippen LogP contribution < -0.4 is 4.72 Å². The summed E-state index contributed by atoms with van der Waals surface area (Å²) >= 11 is 0. The van der Waals surface area contributed by atoms with Gasteiger partial charge in [0.1, 0.15) is 4.90 Å². The van der Waals surface area contributed by atoms with E-state index < -0.39 is 10.0 Å². The number of rotatable bonds is 3. The zero-order chi connectivity index (χ0) is 15.0. The van der Waals surface area contributed by atoms with E-state index >= 15 is 0 Å². The minimum absolute atomic E-state index is 0.0128. The van der Waals surface area contributed by atoms with E-state index in [9.17, 15) is 8.42 Å². The van der Waals surface area contributed by atoms with Crippen molar-refractivity contribution in [3.63, 3.8) is 0 Å². The number of piperidine rings is 1. The van der Waals surface area contributed by atoms with Gasteiger partial charge in [-0.05, 0) is 33.6 Å². The van der Waals surface area contributed by atoms with E-state index in [0.717, 1.165) is 25.9 Å². The molecule has 1 aliphatic rings. The molecule has 114 valence electrons. The first-order valence-electron chi connectivity index (χ1n) is 6.94. The van der Waals surface area contributed by atoms with Crippen molar-refractivity contribution >= 4 is 10.0 Å². The van der Waals surface area contributed by atoms with E-state index in [4.69, 9.17) is 0 Å². The normalized spacial score (nSPS) is 19.4. The molecule has 1 saturated heterocycles. The molecule has 1 aliphatic heterocycles. The van der Waals surface area contributed by atoms with Crippen LogP contribution >= 0.6 is 0 Å². The number of nitrogens with zero attached hydrogens (tertiary/aromatic N) is 3. The van der Waals surface area contributed by atoms with Crippen LogP contribution in [0.2, 0.25) is 0 Å². The van der Waals surface area contributed by atoms with Crippen LogP contribution in [0.4, 0.5) is 0 Å². The van der Waals surface area contributed by atoms with Gasteiger partial charge < -0.3 is 0 Å². The zero-order valence-corrected chi connectivity index (χ0v) is 13.4. The van der Waals surface area contributed by atoms with Crippen LogP contribution in [0.1, 0.15) is 33.6 Å². The number of aromatic nitrogens is 2. The summed E-state index contributed by atoms with van der Waals surface area (Å²) in [5, 5.41) is 3.91. The zero-order valence-electron chi connectivity index (χ0n) is 12.6. The number of hydrogen-bond donors (Lipinski definition) is 1. The van der Waals surface area contributed by atoms with Gasteiger partial charge in [-0.1, -0.05) is 0 Å². The van der Waals surface area contributed by atoms with Gasteiger partial charge in [0.2, 0.25) is 10.0 Å². The average molecular weight is 300 g/mol. The largest absolute Gasteiger partial charge is 0.298 e. The van der Waals surface area contributed by atoms with E-state index in [1.54, 1.807) is 7.05 Å². The van der Waals surface area contributed by atoms with Crippen molar-refractivity contribution in [2.24, 2.45) is 7.05 Å². The molecule has 1 aromatic rings. The molecule has 1 fully saturated rings. The highest BCUT2D eigenvalue weighted by molar-refractivity contribution is 7.89. The van der Waals surface area contributed by atoms with E-state index in [-0.39, 0.29) is 16.5 Å². The predicted octanol–water partition coefficient (Wildman–Crippen LogP) is 0.961. The summed E-state index contributed by atoms with van der Waals surface area (Å²) in [5.41, 5.74) is 0.146. The second-order valence-electron chi connectivity index (χ2n) is 6.40. The highest BCUT2D eigenvalue weighted by Gasteiger charge is 2.29. The van der Waals surface area contributed by atoms with E-state index in [2.05, 4.69) is 35.5 Å². The summed E-state index contributed by atoms with van der Waals surface area (Å²) in [6.45, 7) is 8.40. The van der Waals surface area contributed by atoms with Crippen molar-refractivity contribution < 1.29 is 8.42 Å². The third-order valence-corrected chi connectivity index (χ3v) is 5.23. The van der Waals surface area contributed by atoms with Crippen molar-refractivity contribution in [3.05, 3.63) is 12.4 Å². The maximum absolute atomic E-state index is 12.2. The Kier molecular flexibility index (Phi) is 4.22. The molecule has 7 heteroatoms. The first-order chi connectivity index (χ1) is 9.18. The van der Waals surface area contributed by atoms with Crippen molar-refractivity contribution in [3.8, 4) is 0 Å². The van der Waals surface area contributed by atoms with Gasteiger partial charge in [-0.3, -0.25) is 9.58 Å². The number of hydrogen-bond acceptors (Lipinski definition) is 4. The summed E-state index contributed by atoms with van der Waals surface area (Å²) in [6, 6.07) is 0.0128. The molecule has 0 bridgehead atoms. The van der Waals surface area contributed by atoms with Crippen molar-refractivity contribution in [2.75, 3.05) is 13.1 Å². The molecule has 0 atom stereocenters. The Balaban J connectivity index is 1.96. The molecule has 0 unspecified atom stereocenters.